The maximum atomic E-state index is 6.41. The molecule has 2 aromatic heterocycles. The van der Waals surface area contributed by atoms with Crippen LogP contribution in [0.25, 0.3) is 10.9 Å². The summed E-state index contributed by atoms with van der Waals surface area (Å²) >= 11 is 8.22. The van der Waals surface area contributed by atoms with Crippen LogP contribution in [0.15, 0.2) is 35.7 Å². The summed E-state index contributed by atoms with van der Waals surface area (Å²) in [6.07, 6.45) is 1.09. The number of thiophene rings is 1. The molecular formula is C16H17ClN2S. The second kappa shape index (κ2) is 6.00. The zero-order chi connectivity index (χ0) is 13.9. The lowest BCUT2D eigenvalue weighted by atomic mass is 10.2. The molecule has 0 saturated carbocycles. The fraction of sp³-hybridized carbons (Fsp3) is 0.250. The number of nitrogens with one attached hydrogen (secondary N) is 2. The topological polar surface area (TPSA) is 27.8 Å². The minimum absolute atomic E-state index is 0.758. The number of aromatic nitrogens is 1. The van der Waals surface area contributed by atoms with E-state index < -0.39 is 0 Å². The normalized spacial score (nSPS) is 11.3. The average Bonchev–Trinajstić information content (AvgIpc) is 3.05. The third kappa shape index (κ3) is 2.62. The molecule has 2 nitrogen and oxygen atoms in total. The van der Waals surface area contributed by atoms with Crippen molar-refractivity contribution in [3.05, 3.63) is 56.9 Å². The molecule has 2 heterocycles. The molecule has 20 heavy (non-hydrogen) atoms. The summed E-state index contributed by atoms with van der Waals surface area (Å²) in [6.45, 7) is 3.85. The molecule has 0 bridgehead atoms. The van der Waals surface area contributed by atoms with Crippen LogP contribution in [-0.2, 0) is 19.5 Å². The lowest BCUT2D eigenvalue weighted by Gasteiger charge is -2.04. The van der Waals surface area contributed by atoms with Gasteiger partial charge >= 0.3 is 0 Å². The molecular weight excluding hydrogens is 288 g/mol. The van der Waals surface area contributed by atoms with Crippen molar-refractivity contribution in [2.75, 3.05) is 0 Å². The molecule has 0 aliphatic carbocycles. The first-order valence-electron chi connectivity index (χ1n) is 6.80. The van der Waals surface area contributed by atoms with E-state index in [9.17, 15) is 0 Å². The van der Waals surface area contributed by atoms with Crippen LogP contribution in [0.2, 0.25) is 5.02 Å². The lowest BCUT2D eigenvalue weighted by molar-refractivity contribution is 0.687. The van der Waals surface area contributed by atoms with Crippen LogP contribution in [0.1, 0.15) is 23.1 Å². The Bertz CT molecular complexity index is 714. The number of aromatic amines is 1. The molecule has 0 atom stereocenters. The van der Waals surface area contributed by atoms with Crippen molar-refractivity contribution in [2.45, 2.75) is 26.4 Å². The minimum Gasteiger partial charge on any atom is -0.356 e. The van der Waals surface area contributed by atoms with Crippen LogP contribution in [-0.4, -0.2) is 4.98 Å². The van der Waals surface area contributed by atoms with Gasteiger partial charge in [-0.05, 0) is 29.5 Å². The van der Waals surface area contributed by atoms with E-state index in [1.165, 1.54) is 10.4 Å². The van der Waals surface area contributed by atoms with Crippen molar-refractivity contribution in [1.29, 1.82) is 0 Å². The molecule has 0 aliphatic rings. The third-order valence-electron chi connectivity index (χ3n) is 3.52. The third-order valence-corrected chi connectivity index (χ3v) is 4.91. The van der Waals surface area contributed by atoms with Crippen molar-refractivity contribution in [3.8, 4) is 0 Å². The number of H-pyrrole nitrogens is 1. The summed E-state index contributed by atoms with van der Waals surface area (Å²) in [5, 5.41) is 7.56. The van der Waals surface area contributed by atoms with E-state index in [0.29, 0.717) is 0 Å². The van der Waals surface area contributed by atoms with Gasteiger partial charge in [-0.2, -0.15) is 0 Å². The molecule has 0 spiro atoms. The van der Waals surface area contributed by atoms with Crippen LogP contribution < -0.4 is 5.32 Å². The highest BCUT2D eigenvalue weighted by Crippen LogP contribution is 2.27. The Morgan fingerprint density at radius 1 is 1.20 bits per heavy atom. The van der Waals surface area contributed by atoms with E-state index in [0.717, 1.165) is 41.1 Å². The number of benzene rings is 1. The second-order valence-electron chi connectivity index (χ2n) is 4.79. The number of para-hydroxylation sites is 1. The highest BCUT2D eigenvalue weighted by Gasteiger charge is 2.09. The quantitative estimate of drug-likeness (QED) is 0.700. The Hall–Kier alpha value is -1.29. The van der Waals surface area contributed by atoms with Gasteiger partial charge in [-0.15, -0.1) is 11.3 Å². The van der Waals surface area contributed by atoms with Crippen molar-refractivity contribution >= 4 is 33.8 Å². The van der Waals surface area contributed by atoms with Gasteiger partial charge in [0.25, 0.3) is 0 Å². The lowest BCUT2D eigenvalue weighted by Crippen LogP contribution is -2.13. The highest BCUT2D eigenvalue weighted by molar-refractivity contribution is 7.10. The predicted octanol–water partition coefficient (Wildman–Crippen LogP) is 4.74. The molecule has 2 N–H and O–H groups in total. The number of halogens is 1. The van der Waals surface area contributed by atoms with E-state index in [1.807, 2.05) is 29.5 Å². The molecule has 0 aliphatic heterocycles. The minimum atomic E-state index is 0.758. The largest absolute Gasteiger partial charge is 0.356 e. The molecule has 0 saturated heterocycles. The summed E-state index contributed by atoms with van der Waals surface area (Å²) in [7, 11) is 0. The van der Waals surface area contributed by atoms with Crippen LogP contribution in [0.4, 0.5) is 0 Å². The Morgan fingerprint density at radius 2 is 2.05 bits per heavy atom. The van der Waals surface area contributed by atoms with Gasteiger partial charge in [0.05, 0.1) is 5.02 Å². The van der Waals surface area contributed by atoms with Crippen molar-refractivity contribution in [3.63, 3.8) is 0 Å². The SMILES string of the molecule is CCc1ccsc1CNCc1[nH]c2ccccc2c1Cl. The van der Waals surface area contributed by atoms with E-state index >= 15 is 0 Å². The van der Waals surface area contributed by atoms with Gasteiger partial charge in [0.15, 0.2) is 0 Å². The zero-order valence-corrected chi connectivity index (χ0v) is 12.9. The molecule has 3 rings (SSSR count). The first-order valence-corrected chi connectivity index (χ1v) is 8.06. The number of aryl methyl sites for hydroxylation is 1. The van der Waals surface area contributed by atoms with Gasteiger partial charge in [-0.25, -0.2) is 0 Å². The number of rotatable bonds is 5. The van der Waals surface area contributed by atoms with E-state index in [2.05, 4.69) is 34.7 Å². The molecule has 4 heteroatoms. The standard InChI is InChI=1S/C16H17ClN2S/c1-2-11-7-8-20-15(11)10-18-9-14-16(17)12-5-3-4-6-13(12)19-14/h3-8,18-19H,2,9-10H2,1H3. The van der Waals surface area contributed by atoms with E-state index in [1.54, 1.807) is 0 Å². The first-order chi connectivity index (χ1) is 9.79. The first kappa shape index (κ1) is 13.7. The number of hydrogen-bond acceptors (Lipinski definition) is 2. The molecule has 0 amide bonds. The molecule has 3 aromatic rings. The Labute approximate surface area is 127 Å². The van der Waals surface area contributed by atoms with Crippen LogP contribution in [0.5, 0.6) is 0 Å². The smallest absolute Gasteiger partial charge is 0.0705 e. The number of fused-ring (bicyclic) bond motifs is 1. The van der Waals surface area contributed by atoms with E-state index in [4.69, 9.17) is 11.6 Å². The summed E-state index contributed by atoms with van der Waals surface area (Å²) in [5.41, 5.74) is 3.59. The van der Waals surface area contributed by atoms with Crippen molar-refractivity contribution in [2.24, 2.45) is 0 Å². The molecule has 1 aromatic carbocycles. The maximum Gasteiger partial charge on any atom is 0.0705 e. The van der Waals surface area contributed by atoms with Crippen molar-refractivity contribution in [1.82, 2.24) is 10.3 Å². The fourth-order valence-corrected chi connectivity index (χ4v) is 3.65. The summed E-state index contributed by atoms with van der Waals surface area (Å²) < 4.78 is 0. The van der Waals surface area contributed by atoms with Gasteiger partial charge in [0, 0.05) is 34.6 Å². The summed E-state index contributed by atoms with van der Waals surface area (Å²) in [5.74, 6) is 0. The fourth-order valence-electron chi connectivity index (χ4n) is 2.42. The molecule has 0 radical (unpaired) electrons. The van der Waals surface area contributed by atoms with Crippen LogP contribution >= 0.6 is 22.9 Å². The highest BCUT2D eigenvalue weighted by atomic mass is 35.5. The van der Waals surface area contributed by atoms with Gasteiger partial charge in [0.2, 0.25) is 0 Å². The summed E-state index contributed by atoms with van der Waals surface area (Å²) in [4.78, 5) is 4.80. The number of hydrogen-bond donors (Lipinski definition) is 2. The summed E-state index contributed by atoms with van der Waals surface area (Å²) in [6, 6.07) is 10.3. The van der Waals surface area contributed by atoms with Crippen LogP contribution in [0.3, 0.4) is 0 Å². The molecule has 0 fully saturated rings. The Morgan fingerprint density at radius 3 is 2.85 bits per heavy atom. The maximum absolute atomic E-state index is 6.41. The predicted molar refractivity (Wildman–Crippen MR) is 87.5 cm³/mol. The van der Waals surface area contributed by atoms with Gasteiger partial charge in [-0.3, -0.25) is 0 Å². The zero-order valence-electron chi connectivity index (χ0n) is 11.4. The second-order valence-corrected chi connectivity index (χ2v) is 6.17. The Kier molecular flexibility index (Phi) is 4.10. The van der Waals surface area contributed by atoms with Gasteiger partial charge in [0.1, 0.15) is 0 Å². The average molecular weight is 305 g/mol. The van der Waals surface area contributed by atoms with Crippen LogP contribution in [0, 0.1) is 0 Å². The molecule has 0 unspecified atom stereocenters. The Balaban J connectivity index is 1.70. The van der Waals surface area contributed by atoms with Gasteiger partial charge in [-0.1, -0.05) is 36.7 Å². The van der Waals surface area contributed by atoms with Gasteiger partial charge < -0.3 is 10.3 Å². The van der Waals surface area contributed by atoms with Crippen molar-refractivity contribution < 1.29 is 0 Å². The monoisotopic (exact) mass is 304 g/mol. The van der Waals surface area contributed by atoms with E-state index in [-0.39, 0.29) is 0 Å². The molecule has 104 valence electrons.